The molecular weight excluding hydrogens is 138 g/mol. The molecule has 0 aromatic rings. The topological polar surface area (TPSA) is 35.2 Å². The van der Waals surface area contributed by atoms with Crippen LogP contribution in [0.5, 0.6) is 0 Å². The van der Waals surface area contributed by atoms with Crippen LogP contribution in [0, 0.1) is 5.92 Å². The molecule has 2 unspecified atom stereocenters. The largest absolute Gasteiger partial charge is 0.373 e. The van der Waals surface area contributed by atoms with Crippen molar-refractivity contribution in [3.8, 4) is 0 Å². The van der Waals surface area contributed by atoms with Gasteiger partial charge in [0, 0.05) is 6.54 Å². The quantitative estimate of drug-likeness (QED) is 0.652. The second-order valence-corrected chi connectivity index (χ2v) is 3.80. The van der Waals surface area contributed by atoms with Gasteiger partial charge in [0.1, 0.15) is 0 Å². The molecule has 0 radical (unpaired) electrons. The first-order valence-corrected chi connectivity index (χ1v) is 4.75. The zero-order chi connectivity index (χ0) is 7.68. The molecule has 2 heteroatoms. The van der Waals surface area contributed by atoms with Crippen LogP contribution in [0.15, 0.2) is 0 Å². The summed E-state index contributed by atoms with van der Waals surface area (Å²) in [5, 5.41) is 0. The van der Waals surface area contributed by atoms with Crippen LogP contribution in [0.4, 0.5) is 0 Å². The van der Waals surface area contributed by atoms with E-state index in [-0.39, 0.29) is 0 Å². The third-order valence-electron chi connectivity index (χ3n) is 2.79. The Bertz CT molecular complexity index is 134. The Morgan fingerprint density at radius 1 is 1.18 bits per heavy atom. The summed E-state index contributed by atoms with van der Waals surface area (Å²) in [5.41, 5.74) is 5.56. The van der Waals surface area contributed by atoms with Crippen molar-refractivity contribution in [1.29, 1.82) is 0 Å². The lowest BCUT2D eigenvalue weighted by atomic mass is 10.0. The van der Waals surface area contributed by atoms with E-state index < -0.39 is 0 Å². The maximum absolute atomic E-state index is 5.83. The molecule has 2 aliphatic rings. The molecule has 2 atom stereocenters. The number of hydrogen-bond acceptors (Lipinski definition) is 2. The Hall–Kier alpha value is -0.0800. The molecule has 0 spiro atoms. The summed E-state index contributed by atoms with van der Waals surface area (Å²) in [6.45, 7) is 0.712. The van der Waals surface area contributed by atoms with E-state index in [4.69, 9.17) is 10.5 Å². The lowest BCUT2D eigenvalue weighted by Gasteiger charge is -2.29. The van der Waals surface area contributed by atoms with Gasteiger partial charge in [-0.1, -0.05) is 0 Å². The molecule has 1 aliphatic carbocycles. The second kappa shape index (κ2) is 3.11. The van der Waals surface area contributed by atoms with Gasteiger partial charge >= 0.3 is 0 Å². The minimum atomic E-state index is 0.370. The number of ether oxygens (including phenoxy) is 1. The molecule has 0 bridgehead atoms. The molecule has 2 rings (SSSR count). The predicted molar refractivity (Wildman–Crippen MR) is 44.3 cm³/mol. The molecule has 1 saturated heterocycles. The maximum atomic E-state index is 5.83. The van der Waals surface area contributed by atoms with Crippen LogP contribution in [0.3, 0.4) is 0 Å². The Labute approximate surface area is 68.1 Å². The van der Waals surface area contributed by atoms with E-state index in [2.05, 4.69) is 0 Å². The van der Waals surface area contributed by atoms with Gasteiger partial charge in [-0.2, -0.15) is 0 Å². The normalized spacial score (nSPS) is 39.0. The van der Waals surface area contributed by atoms with Crippen molar-refractivity contribution < 1.29 is 4.74 Å². The van der Waals surface area contributed by atoms with Gasteiger partial charge < -0.3 is 10.5 Å². The fourth-order valence-electron chi connectivity index (χ4n) is 1.92. The average molecular weight is 155 g/mol. The Kier molecular flexibility index (Phi) is 2.14. The van der Waals surface area contributed by atoms with Crippen molar-refractivity contribution in [3.63, 3.8) is 0 Å². The minimum Gasteiger partial charge on any atom is -0.373 e. The van der Waals surface area contributed by atoms with Gasteiger partial charge in [-0.3, -0.25) is 0 Å². The Morgan fingerprint density at radius 3 is 2.64 bits per heavy atom. The molecule has 2 N–H and O–H groups in total. The lowest BCUT2D eigenvalue weighted by molar-refractivity contribution is -0.0548. The number of hydrogen-bond donors (Lipinski definition) is 1. The van der Waals surface area contributed by atoms with Crippen molar-refractivity contribution in [2.75, 3.05) is 6.54 Å². The zero-order valence-corrected chi connectivity index (χ0v) is 6.96. The van der Waals surface area contributed by atoms with E-state index in [0.29, 0.717) is 18.8 Å². The monoisotopic (exact) mass is 155 g/mol. The molecule has 1 aliphatic heterocycles. The summed E-state index contributed by atoms with van der Waals surface area (Å²) in [6.07, 6.45) is 7.50. The number of rotatable bonds is 2. The molecular formula is C9H17NO. The average Bonchev–Trinajstić information content (AvgIpc) is 2.87. The molecule has 2 fully saturated rings. The van der Waals surface area contributed by atoms with Gasteiger partial charge in [-0.05, 0) is 38.0 Å². The van der Waals surface area contributed by atoms with E-state index in [0.717, 1.165) is 5.92 Å². The standard InChI is InChI=1S/C9H17NO/c10-6-8-2-1-3-9(11-8)7-4-5-7/h7-9H,1-6,10H2. The summed E-state index contributed by atoms with van der Waals surface area (Å²) in [6, 6.07) is 0. The van der Waals surface area contributed by atoms with Crippen LogP contribution in [-0.2, 0) is 4.74 Å². The van der Waals surface area contributed by atoms with Crippen molar-refractivity contribution in [3.05, 3.63) is 0 Å². The first-order valence-electron chi connectivity index (χ1n) is 4.75. The van der Waals surface area contributed by atoms with E-state index in [9.17, 15) is 0 Å². The van der Waals surface area contributed by atoms with Crippen LogP contribution < -0.4 is 5.73 Å². The highest BCUT2D eigenvalue weighted by Crippen LogP contribution is 2.39. The second-order valence-electron chi connectivity index (χ2n) is 3.80. The third-order valence-corrected chi connectivity index (χ3v) is 2.79. The predicted octanol–water partition coefficient (Wildman–Crippen LogP) is 1.29. The highest BCUT2D eigenvalue weighted by molar-refractivity contribution is 4.85. The van der Waals surface area contributed by atoms with Gasteiger partial charge in [0.05, 0.1) is 12.2 Å². The van der Waals surface area contributed by atoms with E-state index in [1.54, 1.807) is 0 Å². The molecule has 0 aromatic carbocycles. The SMILES string of the molecule is NCC1CCCC(C2CC2)O1. The van der Waals surface area contributed by atoms with E-state index in [1.807, 2.05) is 0 Å². The molecule has 2 nitrogen and oxygen atoms in total. The fraction of sp³-hybridized carbons (Fsp3) is 1.00. The fourth-order valence-corrected chi connectivity index (χ4v) is 1.92. The van der Waals surface area contributed by atoms with Crippen molar-refractivity contribution in [2.45, 2.75) is 44.3 Å². The summed E-state index contributed by atoms with van der Waals surface area (Å²) in [4.78, 5) is 0. The molecule has 1 saturated carbocycles. The van der Waals surface area contributed by atoms with Crippen molar-refractivity contribution >= 4 is 0 Å². The third kappa shape index (κ3) is 1.74. The first kappa shape index (κ1) is 7.56. The Morgan fingerprint density at radius 2 is 2.00 bits per heavy atom. The zero-order valence-electron chi connectivity index (χ0n) is 6.96. The van der Waals surface area contributed by atoms with E-state index in [1.165, 1.54) is 32.1 Å². The molecule has 0 amide bonds. The van der Waals surface area contributed by atoms with Gasteiger partial charge in [-0.15, -0.1) is 0 Å². The van der Waals surface area contributed by atoms with Gasteiger partial charge in [0.25, 0.3) is 0 Å². The first-order chi connectivity index (χ1) is 5.40. The van der Waals surface area contributed by atoms with Crippen molar-refractivity contribution in [1.82, 2.24) is 0 Å². The molecule has 0 aromatic heterocycles. The minimum absolute atomic E-state index is 0.370. The highest BCUT2D eigenvalue weighted by atomic mass is 16.5. The number of nitrogens with two attached hydrogens (primary N) is 1. The smallest absolute Gasteiger partial charge is 0.0701 e. The summed E-state index contributed by atoms with van der Waals surface area (Å²) < 4.78 is 5.83. The Balaban J connectivity index is 1.82. The summed E-state index contributed by atoms with van der Waals surface area (Å²) >= 11 is 0. The van der Waals surface area contributed by atoms with Crippen LogP contribution in [-0.4, -0.2) is 18.8 Å². The summed E-state index contributed by atoms with van der Waals surface area (Å²) in [7, 11) is 0. The lowest BCUT2D eigenvalue weighted by Crippen LogP contribution is -2.34. The van der Waals surface area contributed by atoms with Gasteiger partial charge in [0.2, 0.25) is 0 Å². The van der Waals surface area contributed by atoms with E-state index >= 15 is 0 Å². The van der Waals surface area contributed by atoms with Crippen LogP contribution in [0.1, 0.15) is 32.1 Å². The van der Waals surface area contributed by atoms with Crippen molar-refractivity contribution in [2.24, 2.45) is 11.7 Å². The molecule has 64 valence electrons. The van der Waals surface area contributed by atoms with Crippen LogP contribution >= 0.6 is 0 Å². The maximum Gasteiger partial charge on any atom is 0.0701 e. The van der Waals surface area contributed by atoms with Gasteiger partial charge in [-0.25, -0.2) is 0 Å². The molecule has 1 heterocycles. The molecule has 11 heavy (non-hydrogen) atoms. The van der Waals surface area contributed by atoms with Gasteiger partial charge in [0.15, 0.2) is 0 Å². The van der Waals surface area contributed by atoms with Crippen LogP contribution in [0.25, 0.3) is 0 Å². The highest BCUT2D eigenvalue weighted by Gasteiger charge is 2.35. The summed E-state index contributed by atoms with van der Waals surface area (Å²) in [5.74, 6) is 0.893. The van der Waals surface area contributed by atoms with Crippen LogP contribution in [0.2, 0.25) is 0 Å².